The Morgan fingerprint density at radius 1 is 1.47 bits per heavy atom. The van der Waals surface area contributed by atoms with E-state index < -0.39 is 5.54 Å². The van der Waals surface area contributed by atoms with Crippen LogP contribution in [0.5, 0.6) is 0 Å². The average Bonchev–Trinajstić information content (AvgIpc) is 2.36. The minimum Gasteiger partial charge on any atom is -0.381 e. The lowest BCUT2D eigenvalue weighted by molar-refractivity contribution is -0.124. The van der Waals surface area contributed by atoms with Crippen LogP contribution in [0.15, 0.2) is 16.6 Å². The van der Waals surface area contributed by atoms with Crippen molar-refractivity contribution in [3.05, 3.63) is 28.0 Å². The smallest absolute Gasteiger partial charge is 0.244 e. The van der Waals surface area contributed by atoms with E-state index in [1.165, 1.54) is 6.07 Å². The van der Waals surface area contributed by atoms with Crippen LogP contribution >= 0.6 is 15.9 Å². The largest absolute Gasteiger partial charge is 0.381 e. The number of hydrogen-bond acceptors (Lipinski definition) is 3. The van der Waals surface area contributed by atoms with Crippen LogP contribution in [-0.4, -0.2) is 24.7 Å². The van der Waals surface area contributed by atoms with Crippen LogP contribution in [0.4, 0.5) is 10.1 Å². The molecule has 0 radical (unpaired) electrons. The molecule has 2 rings (SSSR count). The Labute approximate surface area is 119 Å². The zero-order chi connectivity index (χ0) is 14.0. The van der Waals surface area contributed by atoms with E-state index in [1.54, 1.807) is 13.0 Å². The van der Waals surface area contributed by atoms with Crippen LogP contribution in [0.3, 0.4) is 0 Å². The van der Waals surface area contributed by atoms with E-state index in [9.17, 15) is 9.18 Å². The van der Waals surface area contributed by atoms with Crippen LogP contribution in [0.2, 0.25) is 0 Å². The van der Waals surface area contributed by atoms with Crippen LogP contribution in [0.25, 0.3) is 0 Å². The molecule has 1 fully saturated rings. The molecule has 1 amide bonds. The van der Waals surface area contributed by atoms with E-state index in [-0.39, 0.29) is 11.7 Å². The second-order valence-corrected chi connectivity index (χ2v) is 5.66. The van der Waals surface area contributed by atoms with Gasteiger partial charge < -0.3 is 15.8 Å². The van der Waals surface area contributed by atoms with Crippen molar-refractivity contribution >= 4 is 27.5 Å². The first-order chi connectivity index (χ1) is 8.92. The van der Waals surface area contributed by atoms with Crippen LogP contribution in [0.1, 0.15) is 18.4 Å². The van der Waals surface area contributed by atoms with E-state index in [4.69, 9.17) is 10.5 Å². The molecule has 4 nitrogen and oxygen atoms in total. The standard InChI is InChI=1S/C13H16BrFN2O2/c1-8-6-10(15)9(14)7-11(8)17-12(18)13(16)2-4-19-5-3-13/h6-7H,2-5,16H2,1H3,(H,17,18). The Hall–Kier alpha value is -0.980. The van der Waals surface area contributed by atoms with Gasteiger partial charge >= 0.3 is 0 Å². The SMILES string of the molecule is Cc1cc(F)c(Br)cc1NC(=O)C1(N)CCOCC1. The van der Waals surface area contributed by atoms with E-state index in [0.717, 1.165) is 0 Å². The van der Waals surface area contributed by atoms with Crippen molar-refractivity contribution in [2.24, 2.45) is 5.73 Å². The summed E-state index contributed by atoms with van der Waals surface area (Å²) in [6, 6.07) is 2.91. The summed E-state index contributed by atoms with van der Waals surface area (Å²) in [6.45, 7) is 2.70. The van der Waals surface area contributed by atoms with E-state index in [2.05, 4.69) is 21.2 Å². The Bertz CT molecular complexity index is 502. The summed E-state index contributed by atoms with van der Waals surface area (Å²) in [4.78, 5) is 12.2. The molecule has 1 aromatic rings. The van der Waals surface area contributed by atoms with Crippen molar-refractivity contribution < 1.29 is 13.9 Å². The highest BCUT2D eigenvalue weighted by Crippen LogP contribution is 2.26. The number of halogens is 2. The van der Waals surface area contributed by atoms with Gasteiger partial charge in [0.15, 0.2) is 0 Å². The van der Waals surface area contributed by atoms with Crippen molar-refractivity contribution in [1.29, 1.82) is 0 Å². The van der Waals surface area contributed by atoms with Gasteiger partial charge in [-0.05, 0) is 53.4 Å². The predicted octanol–water partition coefficient (Wildman–Crippen LogP) is 2.34. The third kappa shape index (κ3) is 3.13. The normalized spacial score (nSPS) is 18.1. The molecule has 1 aliphatic rings. The Balaban J connectivity index is 2.16. The number of carbonyl (C=O) groups is 1. The fourth-order valence-electron chi connectivity index (χ4n) is 1.99. The number of amides is 1. The van der Waals surface area contributed by atoms with Crippen LogP contribution in [-0.2, 0) is 9.53 Å². The molecule has 104 valence electrons. The maximum absolute atomic E-state index is 13.3. The monoisotopic (exact) mass is 330 g/mol. The molecule has 0 unspecified atom stereocenters. The lowest BCUT2D eigenvalue weighted by Gasteiger charge is -2.32. The highest BCUT2D eigenvalue weighted by Gasteiger charge is 2.36. The molecular weight excluding hydrogens is 315 g/mol. The molecule has 0 bridgehead atoms. The zero-order valence-corrected chi connectivity index (χ0v) is 12.2. The van der Waals surface area contributed by atoms with E-state index in [1.807, 2.05) is 0 Å². The van der Waals surface area contributed by atoms with Gasteiger partial charge in [-0.1, -0.05) is 0 Å². The first-order valence-corrected chi connectivity index (χ1v) is 6.85. The lowest BCUT2D eigenvalue weighted by atomic mass is 9.90. The number of carbonyl (C=O) groups excluding carboxylic acids is 1. The second kappa shape index (κ2) is 5.56. The first kappa shape index (κ1) is 14.4. The maximum Gasteiger partial charge on any atom is 0.244 e. The van der Waals surface area contributed by atoms with Crippen molar-refractivity contribution in [2.45, 2.75) is 25.3 Å². The van der Waals surface area contributed by atoms with Gasteiger partial charge in [-0.3, -0.25) is 4.79 Å². The summed E-state index contributed by atoms with van der Waals surface area (Å²) in [7, 11) is 0. The van der Waals surface area contributed by atoms with Gasteiger partial charge in [0.1, 0.15) is 11.4 Å². The summed E-state index contributed by atoms with van der Waals surface area (Å²) >= 11 is 3.10. The van der Waals surface area contributed by atoms with Crippen molar-refractivity contribution in [3.63, 3.8) is 0 Å². The summed E-state index contributed by atoms with van der Waals surface area (Å²) < 4.78 is 18.8. The number of ether oxygens (including phenoxy) is 1. The average molecular weight is 331 g/mol. The molecule has 1 saturated heterocycles. The molecule has 19 heavy (non-hydrogen) atoms. The number of aryl methyl sites for hydroxylation is 1. The minimum atomic E-state index is -0.911. The molecule has 0 aliphatic carbocycles. The van der Waals surface area contributed by atoms with Crippen LogP contribution in [0, 0.1) is 12.7 Å². The van der Waals surface area contributed by atoms with Gasteiger partial charge in [-0.25, -0.2) is 4.39 Å². The van der Waals surface area contributed by atoms with Gasteiger partial charge in [-0.2, -0.15) is 0 Å². The topological polar surface area (TPSA) is 64.4 Å². The number of benzene rings is 1. The van der Waals surface area contributed by atoms with Gasteiger partial charge in [0.2, 0.25) is 5.91 Å². The maximum atomic E-state index is 13.3. The summed E-state index contributed by atoms with van der Waals surface area (Å²) in [6.07, 6.45) is 0.973. The number of rotatable bonds is 2. The van der Waals surface area contributed by atoms with Crippen molar-refractivity contribution in [1.82, 2.24) is 0 Å². The van der Waals surface area contributed by atoms with Crippen molar-refractivity contribution in [2.75, 3.05) is 18.5 Å². The number of hydrogen-bond donors (Lipinski definition) is 2. The third-order valence-corrected chi connectivity index (χ3v) is 3.96. The molecule has 1 aromatic carbocycles. The zero-order valence-electron chi connectivity index (χ0n) is 10.6. The molecule has 0 aromatic heterocycles. The molecule has 0 saturated carbocycles. The summed E-state index contributed by atoms with van der Waals surface area (Å²) in [5.41, 5.74) is 6.40. The molecule has 1 heterocycles. The third-order valence-electron chi connectivity index (χ3n) is 3.35. The molecule has 0 spiro atoms. The van der Waals surface area contributed by atoms with E-state index >= 15 is 0 Å². The molecule has 6 heteroatoms. The first-order valence-electron chi connectivity index (χ1n) is 6.06. The van der Waals surface area contributed by atoms with E-state index in [0.29, 0.717) is 41.8 Å². The lowest BCUT2D eigenvalue weighted by Crippen LogP contribution is -2.54. The molecule has 3 N–H and O–H groups in total. The number of nitrogens with two attached hydrogens (primary N) is 1. The Kier molecular flexibility index (Phi) is 4.23. The highest BCUT2D eigenvalue weighted by molar-refractivity contribution is 9.10. The van der Waals surface area contributed by atoms with Gasteiger partial charge in [0.25, 0.3) is 0 Å². The van der Waals surface area contributed by atoms with Gasteiger partial charge in [0.05, 0.1) is 4.47 Å². The Morgan fingerprint density at radius 3 is 2.74 bits per heavy atom. The summed E-state index contributed by atoms with van der Waals surface area (Å²) in [5.74, 6) is -0.610. The van der Waals surface area contributed by atoms with Crippen LogP contribution < -0.4 is 11.1 Å². The second-order valence-electron chi connectivity index (χ2n) is 4.80. The van der Waals surface area contributed by atoms with Gasteiger partial charge in [0, 0.05) is 18.9 Å². The minimum absolute atomic E-state index is 0.252. The molecule has 1 aliphatic heterocycles. The number of anilines is 1. The fourth-order valence-corrected chi connectivity index (χ4v) is 2.33. The number of nitrogens with one attached hydrogen (secondary N) is 1. The highest BCUT2D eigenvalue weighted by atomic mass is 79.9. The quantitative estimate of drug-likeness (QED) is 0.874. The molecule has 0 atom stereocenters. The van der Waals surface area contributed by atoms with Gasteiger partial charge in [-0.15, -0.1) is 0 Å². The Morgan fingerprint density at radius 2 is 2.11 bits per heavy atom. The molecular formula is C13H16BrFN2O2. The summed E-state index contributed by atoms with van der Waals surface area (Å²) in [5, 5.41) is 2.77. The van der Waals surface area contributed by atoms with Crippen molar-refractivity contribution in [3.8, 4) is 0 Å². The fraction of sp³-hybridized carbons (Fsp3) is 0.462. The predicted molar refractivity (Wildman–Crippen MR) is 74.4 cm³/mol.